The molecule has 0 radical (unpaired) electrons. The number of benzene rings is 2. The summed E-state index contributed by atoms with van der Waals surface area (Å²) in [6.45, 7) is 6.76. The molecule has 0 aromatic heterocycles. The largest absolute Gasteiger partial charge is 0.339 e. The summed E-state index contributed by atoms with van der Waals surface area (Å²) in [6, 6.07) is 17.5. The van der Waals surface area contributed by atoms with E-state index in [1.807, 2.05) is 66.4 Å². The van der Waals surface area contributed by atoms with E-state index < -0.39 is 0 Å². The molecule has 4 heteroatoms. The van der Waals surface area contributed by atoms with Gasteiger partial charge in [-0.05, 0) is 42.7 Å². The van der Waals surface area contributed by atoms with Gasteiger partial charge < -0.3 is 10.2 Å². The van der Waals surface area contributed by atoms with Gasteiger partial charge in [0.15, 0.2) is 0 Å². The lowest BCUT2D eigenvalue weighted by molar-refractivity contribution is -0.131. The minimum Gasteiger partial charge on any atom is -0.339 e. The van der Waals surface area contributed by atoms with Crippen molar-refractivity contribution in [1.82, 2.24) is 4.90 Å². The van der Waals surface area contributed by atoms with Crippen molar-refractivity contribution in [3.63, 3.8) is 0 Å². The lowest BCUT2D eigenvalue weighted by Gasteiger charge is -2.21. The van der Waals surface area contributed by atoms with Crippen LogP contribution in [0.3, 0.4) is 0 Å². The van der Waals surface area contributed by atoms with E-state index in [4.69, 9.17) is 0 Å². The maximum atomic E-state index is 12.5. The zero-order valence-electron chi connectivity index (χ0n) is 14.6. The van der Waals surface area contributed by atoms with Crippen molar-refractivity contribution >= 4 is 17.5 Å². The first kappa shape index (κ1) is 18.5. The van der Waals surface area contributed by atoms with Gasteiger partial charge in [0, 0.05) is 25.2 Å². The average Bonchev–Trinajstić information content (AvgIpc) is 2.66. The molecular weight excluding hydrogens is 312 g/mol. The van der Waals surface area contributed by atoms with E-state index >= 15 is 0 Å². The minimum absolute atomic E-state index is 0.149. The van der Waals surface area contributed by atoms with Gasteiger partial charge in [0.25, 0.3) is 0 Å². The second-order valence-electron chi connectivity index (χ2n) is 5.78. The normalized spacial score (nSPS) is 10.1. The van der Waals surface area contributed by atoms with Gasteiger partial charge in [0.05, 0.1) is 0 Å². The summed E-state index contributed by atoms with van der Waals surface area (Å²) < 4.78 is 0. The molecule has 2 aromatic rings. The van der Waals surface area contributed by atoms with E-state index in [0.717, 1.165) is 16.8 Å². The second kappa shape index (κ2) is 9.42. The van der Waals surface area contributed by atoms with Crippen molar-refractivity contribution in [2.45, 2.75) is 26.3 Å². The van der Waals surface area contributed by atoms with Crippen LogP contribution in [0.25, 0.3) is 0 Å². The van der Waals surface area contributed by atoms with Gasteiger partial charge in [-0.25, -0.2) is 0 Å². The number of amides is 2. The van der Waals surface area contributed by atoms with Crippen LogP contribution < -0.4 is 5.32 Å². The van der Waals surface area contributed by atoms with Crippen molar-refractivity contribution in [3.8, 4) is 0 Å². The molecule has 0 fully saturated rings. The highest BCUT2D eigenvalue weighted by atomic mass is 16.2. The molecule has 4 nitrogen and oxygen atoms in total. The Morgan fingerprint density at radius 1 is 1.04 bits per heavy atom. The molecule has 0 saturated heterocycles. The van der Waals surface area contributed by atoms with Crippen LogP contribution in [0.5, 0.6) is 0 Å². The Balaban J connectivity index is 1.87. The van der Waals surface area contributed by atoms with Gasteiger partial charge in [0.1, 0.15) is 0 Å². The average molecular weight is 336 g/mol. The Labute approximate surface area is 149 Å². The van der Waals surface area contributed by atoms with Crippen LogP contribution in [-0.2, 0) is 22.6 Å². The van der Waals surface area contributed by atoms with Crippen molar-refractivity contribution in [3.05, 3.63) is 78.4 Å². The predicted molar refractivity (Wildman–Crippen MR) is 101 cm³/mol. The van der Waals surface area contributed by atoms with E-state index in [-0.39, 0.29) is 11.8 Å². The van der Waals surface area contributed by atoms with Crippen LogP contribution in [-0.4, -0.2) is 23.3 Å². The van der Waals surface area contributed by atoms with Crippen LogP contribution in [0.4, 0.5) is 5.69 Å². The molecule has 0 spiro atoms. The topological polar surface area (TPSA) is 49.4 Å². The van der Waals surface area contributed by atoms with Crippen LogP contribution in [0, 0.1) is 0 Å². The fraction of sp³-hybridized carbons (Fsp3) is 0.238. The summed E-state index contributed by atoms with van der Waals surface area (Å²) in [5.74, 6) is -0.0854. The summed E-state index contributed by atoms with van der Waals surface area (Å²) in [6.07, 6.45) is 2.39. The Hall–Kier alpha value is -2.88. The number of nitrogens with one attached hydrogen (secondary N) is 1. The number of hydrogen-bond acceptors (Lipinski definition) is 2. The van der Waals surface area contributed by atoms with E-state index in [9.17, 15) is 9.59 Å². The molecule has 0 aliphatic carbocycles. The number of hydrogen-bond donors (Lipinski definition) is 1. The zero-order chi connectivity index (χ0) is 18.1. The van der Waals surface area contributed by atoms with Crippen LogP contribution in [0.1, 0.15) is 24.5 Å². The molecule has 2 aromatic carbocycles. The molecule has 0 aliphatic heterocycles. The lowest BCUT2D eigenvalue weighted by atomic mass is 10.1. The van der Waals surface area contributed by atoms with Gasteiger partial charge in [-0.2, -0.15) is 0 Å². The number of carbonyl (C=O) groups is 2. The molecule has 0 atom stereocenters. The number of anilines is 1. The maximum absolute atomic E-state index is 12.5. The van der Waals surface area contributed by atoms with Crippen molar-refractivity contribution in [2.75, 3.05) is 11.9 Å². The van der Waals surface area contributed by atoms with Crippen LogP contribution in [0.15, 0.2) is 67.3 Å². The first-order chi connectivity index (χ1) is 12.1. The van der Waals surface area contributed by atoms with Crippen molar-refractivity contribution < 1.29 is 9.59 Å². The smallest absolute Gasteiger partial charge is 0.247 e. The zero-order valence-corrected chi connectivity index (χ0v) is 14.6. The van der Waals surface area contributed by atoms with E-state index in [0.29, 0.717) is 25.9 Å². The Bertz CT molecular complexity index is 708. The van der Waals surface area contributed by atoms with E-state index in [1.54, 1.807) is 0 Å². The summed E-state index contributed by atoms with van der Waals surface area (Å²) in [4.78, 5) is 25.6. The molecule has 25 heavy (non-hydrogen) atoms. The Kier molecular flexibility index (Phi) is 6.96. The van der Waals surface area contributed by atoms with E-state index in [1.165, 1.54) is 6.08 Å². The molecule has 0 bridgehead atoms. The summed E-state index contributed by atoms with van der Waals surface area (Å²) in [7, 11) is 0. The minimum atomic E-state index is -0.234. The SMILES string of the molecule is C=CC(=O)Nc1ccc(CCC(=O)N(CC)Cc2ccccc2)cc1. The Morgan fingerprint density at radius 2 is 1.72 bits per heavy atom. The quantitative estimate of drug-likeness (QED) is 0.746. The number of aryl methyl sites for hydroxylation is 1. The molecular formula is C21H24N2O2. The fourth-order valence-electron chi connectivity index (χ4n) is 2.54. The van der Waals surface area contributed by atoms with Gasteiger partial charge in [0.2, 0.25) is 11.8 Å². The third kappa shape index (κ3) is 5.92. The molecule has 0 saturated carbocycles. The predicted octanol–water partition coefficient (Wildman–Crippen LogP) is 3.79. The monoisotopic (exact) mass is 336 g/mol. The van der Waals surface area contributed by atoms with E-state index in [2.05, 4.69) is 11.9 Å². The third-order valence-electron chi connectivity index (χ3n) is 3.99. The standard InChI is InChI=1S/C21H24N2O2/c1-3-20(24)22-19-13-10-17(11-14-19)12-15-21(25)23(4-2)16-18-8-6-5-7-9-18/h3,5-11,13-14H,1,4,12,15-16H2,2H3,(H,22,24). The van der Waals surface area contributed by atoms with Gasteiger partial charge in [-0.3, -0.25) is 9.59 Å². The lowest BCUT2D eigenvalue weighted by Crippen LogP contribution is -2.30. The molecule has 130 valence electrons. The highest BCUT2D eigenvalue weighted by molar-refractivity contribution is 5.98. The third-order valence-corrected chi connectivity index (χ3v) is 3.99. The molecule has 0 unspecified atom stereocenters. The fourth-order valence-corrected chi connectivity index (χ4v) is 2.54. The van der Waals surface area contributed by atoms with Crippen LogP contribution >= 0.6 is 0 Å². The van der Waals surface area contributed by atoms with Gasteiger partial charge in [-0.15, -0.1) is 0 Å². The summed E-state index contributed by atoms with van der Waals surface area (Å²) >= 11 is 0. The highest BCUT2D eigenvalue weighted by Gasteiger charge is 2.12. The molecule has 2 rings (SSSR count). The second-order valence-corrected chi connectivity index (χ2v) is 5.78. The Morgan fingerprint density at radius 3 is 2.32 bits per heavy atom. The number of rotatable bonds is 8. The van der Waals surface area contributed by atoms with Gasteiger partial charge >= 0.3 is 0 Å². The summed E-state index contributed by atoms with van der Waals surface area (Å²) in [5, 5.41) is 2.71. The van der Waals surface area contributed by atoms with Gasteiger partial charge in [-0.1, -0.05) is 49.0 Å². The number of nitrogens with zero attached hydrogens (tertiary/aromatic N) is 1. The molecule has 0 aliphatic rings. The molecule has 1 N–H and O–H groups in total. The molecule has 0 heterocycles. The molecule has 2 amide bonds. The van der Waals surface area contributed by atoms with Crippen molar-refractivity contribution in [2.24, 2.45) is 0 Å². The maximum Gasteiger partial charge on any atom is 0.247 e. The first-order valence-corrected chi connectivity index (χ1v) is 8.46. The van der Waals surface area contributed by atoms with Crippen molar-refractivity contribution in [1.29, 1.82) is 0 Å². The van der Waals surface area contributed by atoms with Crippen LogP contribution in [0.2, 0.25) is 0 Å². The summed E-state index contributed by atoms with van der Waals surface area (Å²) in [5.41, 5.74) is 2.93. The highest BCUT2D eigenvalue weighted by Crippen LogP contribution is 2.13. The number of carbonyl (C=O) groups excluding carboxylic acids is 2. The first-order valence-electron chi connectivity index (χ1n) is 8.46.